The van der Waals surface area contributed by atoms with E-state index in [9.17, 15) is 24.0 Å². The first-order valence-corrected chi connectivity index (χ1v) is 15.4. The summed E-state index contributed by atoms with van der Waals surface area (Å²) in [4.78, 5) is 74.6. The highest BCUT2D eigenvalue weighted by molar-refractivity contribution is 5.98. The predicted octanol–water partition coefficient (Wildman–Crippen LogP) is 1.25. The van der Waals surface area contributed by atoms with E-state index in [1.54, 1.807) is 32.2 Å². The van der Waals surface area contributed by atoms with Crippen molar-refractivity contribution in [2.75, 3.05) is 26.7 Å². The van der Waals surface area contributed by atoms with Gasteiger partial charge in [0.15, 0.2) is 5.82 Å². The molecule has 13 heteroatoms. The first kappa shape index (κ1) is 33.8. The number of hydrogen-bond acceptors (Lipinski definition) is 7. The number of carbonyl (C=O) groups is 5. The van der Waals surface area contributed by atoms with Gasteiger partial charge in [-0.05, 0) is 43.9 Å². The second-order valence-electron chi connectivity index (χ2n) is 11.9. The third-order valence-electron chi connectivity index (χ3n) is 7.97. The Balaban J connectivity index is 1.65. The molecule has 0 radical (unpaired) electrons. The van der Waals surface area contributed by atoms with Gasteiger partial charge in [0.1, 0.15) is 18.1 Å². The minimum atomic E-state index is -0.944. The average molecular weight is 631 g/mol. The molecule has 0 aliphatic carbocycles. The van der Waals surface area contributed by atoms with E-state index in [2.05, 4.69) is 26.0 Å². The molecule has 1 saturated heterocycles. The second kappa shape index (κ2) is 15.3. The van der Waals surface area contributed by atoms with E-state index in [-0.39, 0.29) is 37.5 Å². The van der Waals surface area contributed by atoms with Crippen molar-refractivity contribution in [1.29, 1.82) is 0 Å². The zero-order chi connectivity index (χ0) is 33.4. The van der Waals surface area contributed by atoms with Crippen LogP contribution in [0.3, 0.4) is 0 Å². The van der Waals surface area contributed by atoms with Crippen LogP contribution in [0.1, 0.15) is 48.8 Å². The largest absolute Gasteiger partial charge is 0.353 e. The third-order valence-corrected chi connectivity index (χ3v) is 7.97. The Bertz CT molecular complexity index is 1540. The molecule has 13 nitrogen and oxygen atoms in total. The van der Waals surface area contributed by atoms with E-state index >= 15 is 0 Å². The molecule has 1 aliphatic rings. The molecule has 244 valence electrons. The van der Waals surface area contributed by atoms with Crippen LogP contribution < -0.4 is 16.0 Å². The standard InChI is InChI=1S/C33H42N8O5/c1-21(2)17-27-33(46)39(5)23(4)30(43)38-26(18-24-11-7-6-8-12-24)31(44)35-15-16-40(20-29(42)37-27)32(45)25-19-36-41(22(25)3)28-13-9-10-14-34-28/h6-14,19,21,23,26-27H,15-18,20H2,1-5H3,(H,35,44)(H,37,42)(H,38,43)/t23-,26-,27-/m0/s1. The van der Waals surface area contributed by atoms with Gasteiger partial charge in [-0.2, -0.15) is 5.10 Å². The molecule has 3 N–H and O–H groups in total. The van der Waals surface area contributed by atoms with Crippen LogP contribution >= 0.6 is 0 Å². The smallest absolute Gasteiger partial charge is 0.257 e. The summed E-state index contributed by atoms with van der Waals surface area (Å²) in [6.45, 7) is 6.78. The van der Waals surface area contributed by atoms with Gasteiger partial charge < -0.3 is 25.8 Å². The Kier molecular flexibility index (Phi) is 11.2. The third kappa shape index (κ3) is 8.34. The lowest BCUT2D eigenvalue weighted by Gasteiger charge is -2.30. The maximum atomic E-state index is 13.9. The van der Waals surface area contributed by atoms with E-state index in [1.807, 2.05) is 50.2 Å². The van der Waals surface area contributed by atoms with E-state index in [1.165, 1.54) is 27.7 Å². The Morgan fingerprint density at radius 3 is 2.37 bits per heavy atom. The first-order chi connectivity index (χ1) is 22.0. The minimum Gasteiger partial charge on any atom is -0.353 e. The summed E-state index contributed by atoms with van der Waals surface area (Å²) in [5, 5.41) is 12.8. The molecule has 1 fully saturated rings. The molecule has 3 heterocycles. The monoisotopic (exact) mass is 630 g/mol. The molecule has 1 aliphatic heterocycles. The molecule has 1 aromatic carbocycles. The molecule has 0 spiro atoms. The number of rotatable bonds is 6. The van der Waals surface area contributed by atoms with Crippen LogP contribution in [0.5, 0.6) is 0 Å². The lowest BCUT2D eigenvalue weighted by Crippen LogP contribution is -2.57. The van der Waals surface area contributed by atoms with E-state index in [0.29, 0.717) is 17.9 Å². The summed E-state index contributed by atoms with van der Waals surface area (Å²) >= 11 is 0. The number of pyridine rings is 1. The van der Waals surface area contributed by atoms with Gasteiger partial charge >= 0.3 is 0 Å². The van der Waals surface area contributed by atoms with E-state index < -0.39 is 47.7 Å². The number of amides is 5. The molecule has 4 rings (SSSR count). The van der Waals surface area contributed by atoms with Crippen molar-refractivity contribution in [2.45, 2.75) is 58.7 Å². The average Bonchev–Trinajstić information content (AvgIpc) is 3.43. The quantitative estimate of drug-likeness (QED) is 0.370. The zero-order valence-electron chi connectivity index (χ0n) is 26.9. The molecular weight excluding hydrogens is 588 g/mol. The minimum absolute atomic E-state index is 0.0102. The molecule has 5 amide bonds. The van der Waals surface area contributed by atoms with Gasteiger partial charge in [0.2, 0.25) is 23.6 Å². The number of hydrogen-bond donors (Lipinski definition) is 3. The van der Waals surface area contributed by atoms with E-state index in [0.717, 1.165) is 5.56 Å². The number of carbonyl (C=O) groups excluding carboxylic acids is 5. The number of nitrogens with zero attached hydrogens (tertiary/aromatic N) is 5. The van der Waals surface area contributed by atoms with Crippen molar-refractivity contribution in [3.63, 3.8) is 0 Å². The molecule has 3 aromatic rings. The van der Waals surface area contributed by atoms with Gasteiger partial charge in [0.25, 0.3) is 5.91 Å². The highest BCUT2D eigenvalue weighted by Gasteiger charge is 2.33. The lowest BCUT2D eigenvalue weighted by molar-refractivity contribution is -0.142. The second-order valence-corrected chi connectivity index (χ2v) is 11.9. The lowest BCUT2D eigenvalue weighted by atomic mass is 10.0. The fourth-order valence-electron chi connectivity index (χ4n) is 5.26. The van der Waals surface area contributed by atoms with Crippen LogP contribution in [0.15, 0.2) is 60.9 Å². The van der Waals surface area contributed by atoms with Crippen LogP contribution in [0.4, 0.5) is 0 Å². The van der Waals surface area contributed by atoms with Crippen molar-refractivity contribution in [2.24, 2.45) is 5.92 Å². The Morgan fingerprint density at radius 1 is 0.978 bits per heavy atom. The van der Waals surface area contributed by atoms with Crippen LogP contribution in [0.25, 0.3) is 5.82 Å². The van der Waals surface area contributed by atoms with Gasteiger partial charge in [-0.25, -0.2) is 9.67 Å². The first-order valence-electron chi connectivity index (χ1n) is 15.4. The van der Waals surface area contributed by atoms with Gasteiger partial charge in [-0.15, -0.1) is 0 Å². The molecule has 2 aromatic heterocycles. The van der Waals surface area contributed by atoms with Gasteiger partial charge in [-0.1, -0.05) is 50.2 Å². The Morgan fingerprint density at radius 2 is 1.70 bits per heavy atom. The zero-order valence-corrected chi connectivity index (χ0v) is 26.9. The summed E-state index contributed by atoms with van der Waals surface area (Å²) in [6.07, 6.45) is 3.58. The van der Waals surface area contributed by atoms with Crippen LogP contribution in [0, 0.1) is 12.8 Å². The van der Waals surface area contributed by atoms with E-state index in [4.69, 9.17) is 0 Å². The summed E-state index contributed by atoms with van der Waals surface area (Å²) in [5.74, 6) is -1.86. The van der Waals surface area contributed by atoms with Gasteiger partial charge in [0, 0.05) is 32.8 Å². The SMILES string of the molecule is Cc1c(C(=O)N2CCNC(=O)[C@H](Cc3ccccc3)NC(=O)[C@H](C)N(C)C(=O)[C@H](CC(C)C)NC(=O)C2)cnn1-c1ccccn1. The van der Waals surface area contributed by atoms with Crippen molar-refractivity contribution >= 4 is 29.5 Å². The number of likely N-dealkylation sites (N-methyl/N-ethyl adjacent to an activating group) is 1. The normalized spacial score (nSPS) is 20.4. The van der Waals surface area contributed by atoms with Crippen LogP contribution in [-0.4, -0.2) is 98.9 Å². The topological polar surface area (TPSA) is 159 Å². The molecule has 0 unspecified atom stereocenters. The fourth-order valence-corrected chi connectivity index (χ4v) is 5.26. The number of aromatic nitrogens is 3. The molecule has 0 saturated carbocycles. The Labute approximate surface area is 268 Å². The summed E-state index contributed by atoms with van der Waals surface area (Å²) in [6, 6.07) is 11.8. The molecule has 3 atom stereocenters. The van der Waals surface area contributed by atoms with Crippen LogP contribution in [0.2, 0.25) is 0 Å². The summed E-state index contributed by atoms with van der Waals surface area (Å²) in [5.41, 5.74) is 1.63. The molecular formula is C33H42N8O5. The Hall–Kier alpha value is -5.07. The van der Waals surface area contributed by atoms with Crippen molar-refractivity contribution in [3.8, 4) is 5.82 Å². The van der Waals surface area contributed by atoms with Gasteiger partial charge in [-0.3, -0.25) is 24.0 Å². The highest BCUT2D eigenvalue weighted by Crippen LogP contribution is 2.16. The molecule has 46 heavy (non-hydrogen) atoms. The van der Waals surface area contributed by atoms with Crippen LogP contribution in [-0.2, 0) is 25.6 Å². The van der Waals surface area contributed by atoms with Crippen molar-refractivity contribution in [1.82, 2.24) is 40.5 Å². The fraction of sp³-hybridized carbons (Fsp3) is 0.424. The predicted molar refractivity (Wildman–Crippen MR) is 171 cm³/mol. The van der Waals surface area contributed by atoms with Crippen molar-refractivity contribution < 1.29 is 24.0 Å². The molecule has 0 bridgehead atoms. The highest BCUT2D eigenvalue weighted by atomic mass is 16.2. The summed E-state index contributed by atoms with van der Waals surface area (Å²) < 4.78 is 1.54. The number of nitrogens with one attached hydrogen (secondary N) is 3. The van der Waals surface area contributed by atoms with Gasteiger partial charge in [0.05, 0.1) is 24.0 Å². The maximum Gasteiger partial charge on any atom is 0.257 e. The number of benzene rings is 1. The summed E-state index contributed by atoms with van der Waals surface area (Å²) in [7, 11) is 1.49. The maximum absolute atomic E-state index is 13.9. The van der Waals surface area contributed by atoms with Crippen molar-refractivity contribution in [3.05, 3.63) is 77.7 Å².